The zero-order chi connectivity index (χ0) is 13.1. The number of aryl methyl sites for hydroxylation is 2. The molecule has 6 nitrogen and oxygen atoms in total. The fourth-order valence-electron chi connectivity index (χ4n) is 1.69. The molecule has 0 fully saturated rings. The van der Waals surface area contributed by atoms with Gasteiger partial charge in [0.25, 0.3) is 5.56 Å². The first-order chi connectivity index (χ1) is 8.63. The van der Waals surface area contributed by atoms with Crippen LogP contribution in [0.3, 0.4) is 0 Å². The first kappa shape index (κ1) is 12.9. The van der Waals surface area contributed by atoms with E-state index in [-0.39, 0.29) is 5.56 Å². The van der Waals surface area contributed by atoms with Crippen molar-refractivity contribution in [1.29, 1.82) is 0 Å². The predicted molar refractivity (Wildman–Crippen MR) is 70.3 cm³/mol. The van der Waals surface area contributed by atoms with Crippen molar-refractivity contribution < 1.29 is 0 Å². The summed E-state index contributed by atoms with van der Waals surface area (Å²) in [6.45, 7) is 5.06. The van der Waals surface area contributed by atoms with Gasteiger partial charge in [0.05, 0.1) is 6.54 Å². The molecule has 18 heavy (non-hydrogen) atoms. The van der Waals surface area contributed by atoms with E-state index in [1.807, 2.05) is 4.68 Å². The lowest BCUT2D eigenvalue weighted by atomic mass is 10.4. The van der Waals surface area contributed by atoms with E-state index in [4.69, 9.17) is 0 Å². The Morgan fingerprint density at radius 1 is 1.39 bits per heavy atom. The molecule has 0 amide bonds. The van der Waals surface area contributed by atoms with Gasteiger partial charge in [-0.2, -0.15) is 5.10 Å². The second-order valence-electron chi connectivity index (χ2n) is 3.94. The largest absolute Gasteiger partial charge is 0.288 e. The highest BCUT2D eigenvalue weighted by molar-refractivity contribution is 9.10. The van der Waals surface area contributed by atoms with Gasteiger partial charge in [0, 0.05) is 12.7 Å². The van der Waals surface area contributed by atoms with Crippen LogP contribution in [0.2, 0.25) is 0 Å². The fourth-order valence-corrected chi connectivity index (χ4v) is 2.00. The molecule has 0 atom stereocenters. The highest BCUT2D eigenvalue weighted by Gasteiger charge is 2.10. The number of hydrogen-bond acceptors (Lipinski definition) is 4. The lowest BCUT2D eigenvalue weighted by Gasteiger charge is -2.09. The van der Waals surface area contributed by atoms with Gasteiger partial charge in [0.1, 0.15) is 22.4 Å². The highest BCUT2D eigenvalue weighted by atomic mass is 79.9. The molecule has 96 valence electrons. The van der Waals surface area contributed by atoms with Gasteiger partial charge in [-0.3, -0.25) is 9.36 Å². The molecule has 0 aliphatic heterocycles. The van der Waals surface area contributed by atoms with Crippen molar-refractivity contribution in [2.75, 3.05) is 0 Å². The molecule has 0 spiro atoms. The molecule has 0 saturated carbocycles. The molecule has 0 aliphatic rings. The minimum absolute atomic E-state index is 0.103. The first-order valence-corrected chi connectivity index (χ1v) is 6.51. The number of aromatic nitrogens is 5. The van der Waals surface area contributed by atoms with Crippen molar-refractivity contribution in [3.8, 4) is 0 Å². The third-order valence-electron chi connectivity index (χ3n) is 2.64. The summed E-state index contributed by atoms with van der Waals surface area (Å²) in [7, 11) is 0. The Balaban J connectivity index is 2.37. The molecule has 0 saturated heterocycles. The molecule has 2 heterocycles. The summed E-state index contributed by atoms with van der Waals surface area (Å²) >= 11 is 3.19. The average Bonchev–Trinajstić information content (AvgIpc) is 2.78. The molecular weight excluding hydrogens is 298 g/mol. The zero-order valence-electron chi connectivity index (χ0n) is 10.3. The SMILES string of the molecule is CCCn1ncnc1Cn1c(C)ncc(Br)c1=O. The van der Waals surface area contributed by atoms with Crippen LogP contribution in [0.25, 0.3) is 0 Å². The van der Waals surface area contributed by atoms with Gasteiger partial charge in [0.15, 0.2) is 0 Å². The topological polar surface area (TPSA) is 65.6 Å². The van der Waals surface area contributed by atoms with E-state index >= 15 is 0 Å². The van der Waals surface area contributed by atoms with Crippen molar-refractivity contribution in [3.63, 3.8) is 0 Å². The van der Waals surface area contributed by atoms with Crippen molar-refractivity contribution in [1.82, 2.24) is 24.3 Å². The van der Waals surface area contributed by atoms with Crippen LogP contribution in [-0.4, -0.2) is 24.3 Å². The summed E-state index contributed by atoms with van der Waals surface area (Å²) in [5.41, 5.74) is -0.103. The van der Waals surface area contributed by atoms with Gasteiger partial charge in [-0.05, 0) is 29.3 Å². The normalized spacial score (nSPS) is 10.8. The Labute approximate surface area is 113 Å². The maximum absolute atomic E-state index is 12.0. The lowest BCUT2D eigenvalue weighted by Crippen LogP contribution is -2.26. The molecule has 7 heteroatoms. The predicted octanol–water partition coefficient (Wildman–Crippen LogP) is 1.36. The summed E-state index contributed by atoms with van der Waals surface area (Å²) in [6, 6.07) is 0. The first-order valence-electron chi connectivity index (χ1n) is 5.72. The maximum Gasteiger partial charge on any atom is 0.268 e. The fraction of sp³-hybridized carbons (Fsp3) is 0.455. The van der Waals surface area contributed by atoms with Gasteiger partial charge in [0.2, 0.25) is 0 Å². The van der Waals surface area contributed by atoms with Crippen molar-refractivity contribution in [3.05, 3.63) is 39.0 Å². The Morgan fingerprint density at radius 3 is 2.89 bits per heavy atom. The van der Waals surface area contributed by atoms with Crippen LogP contribution in [0.5, 0.6) is 0 Å². The van der Waals surface area contributed by atoms with Crippen molar-refractivity contribution in [2.45, 2.75) is 33.4 Å². The summed E-state index contributed by atoms with van der Waals surface area (Å²) in [4.78, 5) is 20.3. The van der Waals surface area contributed by atoms with Crippen LogP contribution < -0.4 is 5.56 Å². The Kier molecular flexibility index (Phi) is 3.90. The highest BCUT2D eigenvalue weighted by Crippen LogP contribution is 2.04. The van der Waals surface area contributed by atoms with E-state index < -0.39 is 0 Å². The lowest BCUT2D eigenvalue weighted by molar-refractivity contribution is 0.543. The number of halogens is 1. The number of nitrogens with zero attached hydrogens (tertiary/aromatic N) is 5. The van der Waals surface area contributed by atoms with E-state index in [0.717, 1.165) is 18.8 Å². The van der Waals surface area contributed by atoms with E-state index in [2.05, 4.69) is 37.9 Å². The van der Waals surface area contributed by atoms with Crippen LogP contribution in [0.1, 0.15) is 25.0 Å². The maximum atomic E-state index is 12.0. The molecule has 0 bridgehead atoms. The Morgan fingerprint density at radius 2 is 2.17 bits per heavy atom. The standard InChI is InChI=1S/C11H14BrN5O/c1-3-4-17-10(14-7-15-17)6-16-8(2)13-5-9(12)11(16)18/h5,7H,3-4,6H2,1-2H3. The number of rotatable bonds is 4. The van der Waals surface area contributed by atoms with Crippen LogP contribution in [0.15, 0.2) is 21.8 Å². The summed E-state index contributed by atoms with van der Waals surface area (Å²) in [5, 5.41) is 4.14. The minimum atomic E-state index is -0.103. The van der Waals surface area contributed by atoms with E-state index in [0.29, 0.717) is 16.8 Å². The average molecular weight is 312 g/mol. The molecule has 0 aliphatic carbocycles. The minimum Gasteiger partial charge on any atom is -0.288 e. The van der Waals surface area contributed by atoms with Crippen LogP contribution in [0.4, 0.5) is 0 Å². The van der Waals surface area contributed by atoms with Crippen molar-refractivity contribution >= 4 is 15.9 Å². The molecule has 0 unspecified atom stereocenters. The molecule has 0 radical (unpaired) electrons. The zero-order valence-corrected chi connectivity index (χ0v) is 11.9. The van der Waals surface area contributed by atoms with Crippen LogP contribution in [0, 0.1) is 6.92 Å². The molecule has 2 aromatic rings. The van der Waals surface area contributed by atoms with E-state index in [1.54, 1.807) is 11.5 Å². The molecule has 0 N–H and O–H groups in total. The van der Waals surface area contributed by atoms with Gasteiger partial charge in [-0.15, -0.1) is 0 Å². The van der Waals surface area contributed by atoms with E-state index in [9.17, 15) is 4.79 Å². The Hall–Kier alpha value is -1.50. The number of hydrogen-bond donors (Lipinski definition) is 0. The molecule has 0 aromatic carbocycles. The summed E-state index contributed by atoms with van der Waals surface area (Å²) in [5.74, 6) is 1.43. The molecule has 2 rings (SSSR count). The van der Waals surface area contributed by atoms with Gasteiger partial charge < -0.3 is 0 Å². The van der Waals surface area contributed by atoms with Crippen LogP contribution >= 0.6 is 15.9 Å². The smallest absolute Gasteiger partial charge is 0.268 e. The van der Waals surface area contributed by atoms with Gasteiger partial charge in [-0.25, -0.2) is 14.6 Å². The summed E-state index contributed by atoms with van der Waals surface area (Å²) < 4.78 is 3.85. The second-order valence-corrected chi connectivity index (χ2v) is 4.80. The quantitative estimate of drug-likeness (QED) is 0.855. The second kappa shape index (κ2) is 5.43. The van der Waals surface area contributed by atoms with Gasteiger partial charge in [-0.1, -0.05) is 6.92 Å². The summed E-state index contributed by atoms with van der Waals surface area (Å²) in [6.07, 6.45) is 4.00. The van der Waals surface area contributed by atoms with E-state index in [1.165, 1.54) is 12.5 Å². The van der Waals surface area contributed by atoms with Gasteiger partial charge >= 0.3 is 0 Å². The Bertz CT molecular complexity index is 604. The molecule has 2 aromatic heterocycles. The molecular formula is C11H14BrN5O. The van der Waals surface area contributed by atoms with Crippen LogP contribution in [-0.2, 0) is 13.1 Å². The monoisotopic (exact) mass is 311 g/mol. The van der Waals surface area contributed by atoms with Crippen molar-refractivity contribution in [2.24, 2.45) is 0 Å². The third-order valence-corrected chi connectivity index (χ3v) is 3.18. The third kappa shape index (κ3) is 2.50.